The summed E-state index contributed by atoms with van der Waals surface area (Å²) in [6, 6.07) is 8.05. The third-order valence-electron chi connectivity index (χ3n) is 5.34. The molecule has 2 fully saturated rings. The Morgan fingerprint density at radius 2 is 2.11 bits per heavy atom. The summed E-state index contributed by atoms with van der Waals surface area (Å²) >= 11 is -1.56. The minimum absolute atomic E-state index is 0.162. The molecule has 27 heavy (non-hydrogen) atoms. The van der Waals surface area contributed by atoms with Crippen LogP contribution in [0.4, 0.5) is 4.39 Å². The molecule has 1 aromatic rings. The van der Waals surface area contributed by atoms with Gasteiger partial charge in [0.25, 0.3) is 0 Å². The van der Waals surface area contributed by atoms with Gasteiger partial charge in [-0.3, -0.25) is 4.79 Å². The lowest BCUT2D eigenvalue weighted by Crippen LogP contribution is -2.60. The number of nitrogens with one attached hydrogen (secondary N) is 1. The van der Waals surface area contributed by atoms with Crippen molar-refractivity contribution in [3.63, 3.8) is 0 Å². The topological polar surface area (TPSA) is 105 Å². The Hall–Kier alpha value is -1.66. The Balaban J connectivity index is 1.81. The van der Waals surface area contributed by atoms with Crippen molar-refractivity contribution >= 4 is 17.3 Å². The Morgan fingerprint density at radius 3 is 2.63 bits per heavy atom. The lowest BCUT2D eigenvalue weighted by molar-refractivity contribution is -0.140. The van der Waals surface area contributed by atoms with E-state index < -0.39 is 45.6 Å². The van der Waals surface area contributed by atoms with Crippen LogP contribution in [-0.2, 0) is 27.5 Å². The van der Waals surface area contributed by atoms with Gasteiger partial charge < -0.3 is 14.4 Å². The second-order valence-corrected chi connectivity index (χ2v) is 10.1. The number of hydrogen-bond donors (Lipinski definition) is 2. The SMILES string of the molecule is CC(C)(C)[S@@+]([O-])N[C@@]1(C#N)[C@H]2[C@@H](C[C@H]1OCc1ccc(F)cc1)[C@@H]2C(=O)O. The quantitative estimate of drug-likeness (QED) is 0.718. The molecule has 146 valence electrons. The van der Waals surface area contributed by atoms with Crippen LogP contribution in [-0.4, -0.2) is 32.0 Å². The van der Waals surface area contributed by atoms with E-state index in [4.69, 9.17) is 4.74 Å². The summed E-state index contributed by atoms with van der Waals surface area (Å²) in [4.78, 5) is 11.5. The highest BCUT2D eigenvalue weighted by Gasteiger charge is 2.75. The van der Waals surface area contributed by atoms with Crippen LogP contribution in [0.3, 0.4) is 0 Å². The first-order chi connectivity index (χ1) is 12.6. The maximum absolute atomic E-state index is 13.1. The molecule has 1 aromatic carbocycles. The molecular formula is C19H23FN2O4S. The number of carboxylic acids is 1. The molecule has 2 aliphatic carbocycles. The number of rotatable bonds is 6. The van der Waals surface area contributed by atoms with E-state index in [2.05, 4.69) is 10.8 Å². The zero-order valence-electron chi connectivity index (χ0n) is 15.4. The fourth-order valence-electron chi connectivity index (χ4n) is 3.86. The number of fused-ring (bicyclic) bond motifs is 1. The summed E-state index contributed by atoms with van der Waals surface area (Å²) in [7, 11) is 0. The summed E-state index contributed by atoms with van der Waals surface area (Å²) in [6.07, 6.45) is -0.186. The number of aliphatic carboxylic acids is 1. The Kier molecular flexibility index (Phi) is 5.25. The zero-order chi connectivity index (χ0) is 20.0. The summed E-state index contributed by atoms with van der Waals surface area (Å²) in [5, 5.41) is 19.4. The van der Waals surface area contributed by atoms with Gasteiger partial charge in [0.1, 0.15) is 10.6 Å². The van der Waals surface area contributed by atoms with E-state index in [1.54, 1.807) is 32.9 Å². The van der Waals surface area contributed by atoms with E-state index in [0.717, 1.165) is 5.56 Å². The predicted octanol–water partition coefficient (Wildman–Crippen LogP) is 2.38. The Labute approximate surface area is 161 Å². The first kappa shape index (κ1) is 20.1. The molecular weight excluding hydrogens is 371 g/mol. The number of hydrogen-bond acceptors (Lipinski definition) is 5. The molecule has 2 aliphatic rings. The van der Waals surface area contributed by atoms with Gasteiger partial charge in [-0.05, 0) is 50.8 Å². The fourth-order valence-corrected chi connectivity index (χ4v) is 4.79. The number of benzene rings is 1. The highest BCUT2D eigenvalue weighted by molar-refractivity contribution is 7.90. The van der Waals surface area contributed by atoms with Crippen molar-refractivity contribution in [2.24, 2.45) is 17.8 Å². The number of halogens is 1. The summed E-state index contributed by atoms with van der Waals surface area (Å²) in [5.74, 6) is -2.53. The molecule has 2 N–H and O–H groups in total. The average molecular weight is 394 g/mol. The molecule has 6 atom stereocenters. The number of nitriles is 1. The largest absolute Gasteiger partial charge is 0.598 e. The second-order valence-electron chi connectivity index (χ2n) is 8.18. The van der Waals surface area contributed by atoms with Crippen molar-refractivity contribution in [1.82, 2.24) is 4.72 Å². The molecule has 8 heteroatoms. The predicted molar refractivity (Wildman–Crippen MR) is 97.1 cm³/mol. The maximum atomic E-state index is 13.1. The van der Waals surface area contributed by atoms with Crippen LogP contribution in [0.2, 0.25) is 0 Å². The smallest absolute Gasteiger partial charge is 0.307 e. The minimum Gasteiger partial charge on any atom is -0.598 e. The lowest BCUT2D eigenvalue weighted by Gasteiger charge is -2.36. The van der Waals surface area contributed by atoms with Gasteiger partial charge in [0.15, 0.2) is 5.54 Å². The van der Waals surface area contributed by atoms with Crippen LogP contribution in [0.25, 0.3) is 0 Å². The van der Waals surface area contributed by atoms with Crippen molar-refractivity contribution in [3.8, 4) is 6.07 Å². The van der Waals surface area contributed by atoms with Crippen molar-refractivity contribution < 1.29 is 23.6 Å². The third kappa shape index (κ3) is 3.69. The van der Waals surface area contributed by atoms with Crippen LogP contribution in [0.1, 0.15) is 32.8 Å². The number of nitrogens with zero attached hydrogens (tertiary/aromatic N) is 1. The van der Waals surface area contributed by atoms with Gasteiger partial charge >= 0.3 is 5.97 Å². The molecule has 0 spiro atoms. The normalized spacial score (nSPS) is 33.2. The van der Waals surface area contributed by atoms with Crippen molar-refractivity contribution in [2.45, 2.75) is 50.2 Å². The minimum atomic E-state index is -1.56. The fraction of sp³-hybridized carbons (Fsp3) is 0.579. The van der Waals surface area contributed by atoms with Gasteiger partial charge in [-0.2, -0.15) is 5.26 Å². The maximum Gasteiger partial charge on any atom is 0.307 e. The summed E-state index contributed by atoms with van der Waals surface area (Å²) < 4.78 is 34.0. The molecule has 0 radical (unpaired) electrons. The van der Waals surface area contributed by atoms with Crippen LogP contribution >= 0.6 is 0 Å². The molecule has 0 heterocycles. The van der Waals surface area contributed by atoms with Crippen molar-refractivity contribution in [1.29, 1.82) is 5.26 Å². The monoisotopic (exact) mass is 394 g/mol. The molecule has 0 aromatic heterocycles. The number of carbonyl (C=O) groups is 1. The van der Waals surface area contributed by atoms with Crippen molar-refractivity contribution in [2.75, 3.05) is 0 Å². The van der Waals surface area contributed by atoms with Crippen molar-refractivity contribution in [3.05, 3.63) is 35.6 Å². The van der Waals surface area contributed by atoms with Gasteiger partial charge in [0.2, 0.25) is 0 Å². The van der Waals surface area contributed by atoms with Crippen LogP contribution in [0.15, 0.2) is 24.3 Å². The zero-order valence-corrected chi connectivity index (χ0v) is 16.3. The highest BCUT2D eigenvalue weighted by Crippen LogP contribution is 2.63. The van der Waals surface area contributed by atoms with E-state index in [9.17, 15) is 24.1 Å². The van der Waals surface area contributed by atoms with E-state index >= 15 is 0 Å². The molecule has 3 rings (SSSR count). The van der Waals surface area contributed by atoms with Gasteiger partial charge in [-0.1, -0.05) is 12.1 Å². The molecule has 2 saturated carbocycles. The van der Waals surface area contributed by atoms with Crippen LogP contribution < -0.4 is 4.72 Å². The van der Waals surface area contributed by atoms with Gasteiger partial charge in [-0.15, -0.1) is 4.72 Å². The lowest BCUT2D eigenvalue weighted by atomic mass is 9.90. The number of ether oxygens (including phenoxy) is 1. The summed E-state index contributed by atoms with van der Waals surface area (Å²) in [6.45, 7) is 5.51. The summed E-state index contributed by atoms with van der Waals surface area (Å²) in [5.41, 5.74) is -0.582. The van der Waals surface area contributed by atoms with E-state index in [1.807, 2.05) is 0 Å². The van der Waals surface area contributed by atoms with E-state index in [1.165, 1.54) is 12.1 Å². The molecule has 0 bridgehead atoms. The highest BCUT2D eigenvalue weighted by atomic mass is 32.2. The standard InChI is InChI=1S/C19H23FN2O4S/c1-18(2,3)27(25)22-19(10-21)14(8-13-15(16(13)19)17(23)24)26-9-11-4-6-12(20)7-5-11/h4-7,13-16,22H,8-9H2,1-3H3,(H,23,24)/t13-,14+,15-,16-,19+,27+/m0/s1. The van der Waals surface area contributed by atoms with Gasteiger partial charge in [-0.25, -0.2) is 4.39 Å². The molecule has 0 unspecified atom stereocenters. The second kappa shape index (κ2) is 7.06. The Bertz CT molecular complexity index is 760. The average Bonchev–Trinajstić information content (AvgIpc) is 3.24. The van der Waals surface area contributed by atoms with Gasteiger partial charge in [0, 0.05) is 17.3 Å². The number of carboxylic acid groups (broad SMARTS) is 1. The van der Waals surface area contributed by atoms with Crippen LogP contribution in [0.5, 0.6) is 0 Å². The first-order valence-corrected chi connectivity index (χ1v) is 9.95. The molecule has 0 saturated heterocycles. The van der Waals surface area contributed by atoms with E-state index in [0.29, 0.717) is 6.42 Å². The molecule has 0 amide bonds. The third-order valence-corrected chi connectivity index (χ3v) is 6.98. The first-order valence-electron chi connectivity index (χ1n) is 8.80. The molecule has 6 nitrogen and oxygen atoms in total. The Morgan fingerprint density at radius 1 is 1.48 bits per heavy atom. The van der Waals surface area contributed by atoms with E-state index in [-0.39, 0.29) is 18.3 Å². The van der Waals surface area contributed by atoms with Gasteiger partial charge in [0.05, 0.1) is 24.7 Å². The van der Waals surface area contributed by atoms with Crippen LogP contribution in [0, 0.1) is 34.9 Å². The molecule has 0 aliphatic heterocycles.